The Morgan fingerprint density at radius 2 is 1.58 bits per heavy atom. The molecule has 2 heterocycles. The van der Waals surface area contributed by atoms with Gasteiger partial charge in [-0.15, -0.1) is 0 Å². The zero-order chi connectivity index (χ0) is 22.0. The van der Waals surface area contributed by atoms with Crippen LogP contribution in [0, 0.1) is 0 Å². The first-order chi connectivity index (χ1) is 15.0. The highest BCUT2D eigenvalue weighted by atomic mass is 16.5. The molecule has 2 aliphatic rings. The first-order valence-electron chi connectivity index (χ1n) is 10.2. The summed E-state index contributed by atoms with van der Waals surface area (Å²) in [5.41, 5.74) is 1.46. The zero-order valence-corrected chi connectivity index (χ0v) is 17.5. The molecule has 2 saturated heterocycles. The lowest BCUT2D eigenvalue weighted by Gasteiger charge is -2.45. The van der Waals surface area contributed by atoms with Gasteiger partial charge in [-0.3, -0.25) is 14.4 Å². The fourth-order valence-corrected chi connectivity index (χ4v) is 4.04. The van der Waals surface area contributed by atoms with Gasteiger partial charge in [0.05, 0.1) is 20.8 Å². The summed E-state index contributed by atoms with van der Waals surface area (Å²) in [6.07, 6.45) is 0.409. The van der Waals surface area contributed by atoms with Crippen molar-refractivity contribution in [3.05, 3.63) is 59.7 Å². The molecule has 162 valence electrons. The molecule has 0 aromatic heterocycles. The number of nitrogens with one attached hydrogen (secondary N) is 1. The third kappa shape index (κ3) is 4.19. The molecular weight excluding hydrogens is 398 g/mol. The number of methoxy groups -OCH3 is 2. The van der Waals surface area contributed by atoms with E-state index in [0.717, 1.165) is 11.3 Å². The Labute approximate surface area is 180 Å². The van der Waals surface area contributed by atoms with Gasteiger partial charge in [0.25, 0.3) is 5.91 Å². The van der Waals surface area contributed by atoms with Crippen molar-refractivity contribution < 1.29 is 23.9 Å². The molecule has 2 aromatic rings. The van der Waals surface area contributed by atoms with Crippen molar-refractivity contribution in [2.75, 3.05) is 33.9 Å². The second kappa shape index (κ2) is 8.67. The van der Waals surface area contributed by atoms with Crippen molar-refractivity contribution in [2.45, 2.75) is 18.5 Å². The smallest absolute Gasteiger partial charge is 0.254 e. The number of carbonyl (C=O) groups is 3. The van der Waals surface area contributed by atoms with Gasteiger partial charge in [-0.05, 0) is 42.0 Å². The van der Waals surface area contributed by atoms with E-state index in [-0.39, 0.29) is 24.3 Å². The molecule has 0 spiro atoms. The van der Waals surface area contributed by atoms with Gasteiger partial charge in [0, 0.05) is 25.1 Å². The van der Waals surface area contributed by atoms with Gasteiger partial charge in [-0.25, -0.2) is 0 Å². The first kappa shape index (κ1) is 20.7. The van der Waals surface area contributed by atoms with Gasteiger partial charge in [0.1, 0.15) is 23.6 Å². The van der Waals surface area contributed by atoms with Crippen LogP contribution >= 0.6 is 0 Å². The highest BCUT2D eigenvalue weighted by Crippen LogP contribution is 2.21. The number of rotatable bonds is 5. The quantitative estimate of drug-likeness (QED) is 0.778. The van der Waals surface area contributed by atoms with Crippen molar-refractivity contribution >= 4 is 17.7 Å². The van der Waals surface area contributed by atoms with Crippen LogP contribution in [0.15, 0.2) is 48.5 Å². The number of benzene rings is 2. The van der Waals surface area contributed by atoms with Crippen LogP contribution in [0.3, 0.4) is 0 Å². The van der Waals surface area contributed by atoms with Crippen LogP contribution in [0.5, 0.6) is 11.5 Å². The average molecular weight is 423 g/mol. The number of hydrogen-bond acceptors (Lipinski definition) is 5. The van der Waals surface area contributed by atoms with Gasteiger partial charge < -0.3 is 24.6 Å². The number of piperazine rings is 2. The molecule has 0 saturated carbocycles. The van der Waals surface area contributed by atoms with E-state index in [1.807, 2.05) is 24.3 Å². The van der Waals surface area contributed by atoms with Crippen molar-refractivity contribution in [1.29, 1.82) is 0 Å². The molecule has 0 radical (unpaired) electrons. The molecule has 31 heavy (non-hydrogen) atoms. The van der Waals surface area contributed by atoms with Crippen molar-refractivity contribution in [3.63, 3.8) is 0 Å². The molecule has 2 aromatic carbocycles. The van der Waals surface area contributed by atoms with Gasteiger partial charge in [-0.1, -0.05) is 12.1 Å². The standard InChI is InChI=1S/C23H25N3O5/c1-30-17-7-3-15(4-8-17)13-19-23(29)26-12-11-25(14-20(26)21(27)24-19)22(28)16-5-9-18(31-2)10-6-16/h3-10,19-20H,11-14H2,1-2H3,(H,24,27). The predicted octanol–water partition coefficient (Wildman–Crippen LogP) is 1.10. The second-order valence-electron chi connectivity index (χ2n) is 7.64. The maximum absolute atomic E-state index is 13.0. The lowest BCUT2D eigenvalue weighted by Crippen LogP contribution is -2.70. The summed E-state index contributed by atoms with van der Waals surface area (Å²) in [4.78, 5) is 41.9. The summed E-state index contributed by atoms with van der Waals surface area (Å²) in [6.45, 7) is 0.894. The summed E-state index contributed by atoms with van der Waals surface area (Å²) < 4.78 is 10.3. The predicted molar refractivity (Wildman–Crippen MR) is 113 cm³/mol. The third-order valence-electron chi connectivity index (χ3n) is 5.80. The van der Waals surface area contributed by atoms with Crippen LogP contribution < -0.4 is 14.8 Å². The molecule has 8 nitrogen and oxygen atoms in total. The molecule has 0 bridgehead atoms. The molecular formula is C23H25N3O5. The highest BCUT2D eigenvalue weighted by Gasteiger charge is 2.44. The van der Waals surface area contributed by atoms with Crippen LogP contribution in [-0.4, -0.2) is 73.5 Å². The molecule has 4 rings (SSSR count). The molecule has 2 unspecified atom stereocenters. The fourth-order valence-electron chi connectivity index (χ4n) is 4.04. The Bertz CT molecular complexity index is 974. The van der Waals surface area contributed by atoms with Gasteiger partial charge in [0.15, 0.2) is 0 Å². The summed E-state index contributed by atoms with van der Waals surface area (Å²) >= 11 is 0. The van der Waals surface area contributed by atoms with E-state index in [1.165, 1.54) is 0 Å². The van der Waals surface area contributed by atoms with Gasteiger partial charge in [-0.2, -0.15) is 0 Å². The summed E-state index contributed by atoms with van der Waals surface area (Å²) in [5, 5.41) is 2.84. The maximum Gasteiger partial charge on any atom is 0.254 e. The van der Waals surface area contributed by atoms with Crippen LogP contribution in [0.4, 0.5) is 0 Å². The van der Waals surface area contributed by atoms with Crippen LogP contribution in [0.25, 0.3) is 0 Å². The lowest BCUT2D eigenvalue weighted by atomic mass is 9.98. The third-order valence-corrected chi connectivity index (χ3v) is 5.80. The topological polar surface area (TPSA) is 88.2 Å². The minimum Gasteiger partial charge on any atom is -0.497 e. The SMILES string of the molecule is COc1ccc(CC2NC(=O)C3CN(C(=O)c4ccc(OC)cc4)CCN3C2=O)cc1. The van der Waals surface area contributed by atoms with Crippen LogP contribution in [-0.2, 0) is 16.0 Å². The van der Waals surface area contributed by atoms with E-state index < -0.39 is 12.1 Å². The number of fused-ring (bicyclic) bond motifs is 1. The number of amides is 3. The highest BCUT2D eigenvalue weighted by molar-refractivity contribution is 5.99. The molecule has 2 fully saturated rings. The Hall–Kier alpha value is -3.55. The Morgan fingerprint density at radius 3 is 2.19 bits per heavy atom. The minimum absolute atomic E-state index is 0.114. The van der Waals surface area contributed by atoms with E-state index in [1.54, 1.807) is 48.3 Å². The molecule has 3 amide bonds. The molecule has 8 heteroatoms. The summed E-state index contributed by atoms with van der Waals surface area (Å²) in [6, 6.07) is 13.0. The normalized spacial score (nSPS) is 20.7. The van der Waals surface area contributed by atoms with Crippen LogP contribution in [0.2, 0.25) is 0 Å². The van der Waals surface area contributed by atoms with E-state index in [4.69, 9.17) is 9.47 Å². The van der Waals surface area contributed by atoms with E-state index >= 15 is 0 Å². The number of hydrogen-bond donors (Lipinski definition) is 1. The fraction of sp³-hybridized carbons (Fsp3) is 0.348. The molecule has 2 aliphatic heterocycles. The zero-order valence-electron chi connectivity index (χ0n) is 17.5. The Morgan fingerprint density at radius 1 is 0.968 bits per heavy atom. The van der Waals surface area contributed by atoms with Gasteiger partial charge in [0.2, 0.25) is 11.8 Å². The Balaban J connectivity index is 1.42. The second-order valence-corrected chi connectivity index (χ2v) is 7.64. The van der Waals surface area contributed by atoms with Crippen LogP contribution in [0.1, 0.15) is 15.9 Å². The minimum atomic E-state index is -0.671. The van der Waals surface area contributed by atoms with E-state index in [9.17, 15) is 14.4 Å². The lowest BCUT2D eigenvalue weighted by molar-refractivity contribution is -0.152. The summed E-state index contributed by atoms with van der Waals surface area (Å²) in [5.74, 6) is 0.896. The van der Waals surface area contributed by atoms with E-state index in [2.05, 4.69) is 5.32 Å². The Kier molecular flexibility index (Phi) is 5.79. The molecule has 0 aliphatic carbocycles. The van der Waals surface area contributed by atoms with E-state index in [0.29, 0.717) is 30.8 Å². The summed E-state index contributed by atoms with van der Waals surface area (Å²) in [7, 11) is 3.16. The number of carbonyl (C=O) groups excluding carboxylic acids is 3. The number of nitrogens with zero attached hydrogens (tertiary/aromatic N) is 2. The number of ether oxygens (including phenoxy) is 2. The molecule has 1 N–H and O–H groups in total. The largest absolute Gasteiger partial charge is 0.497 e. The average Bonchev–Trinajstić information content (AvgIpc) is 2.82. The maximum atomic E-state index is 13.0. The van der Waals surface area contributed by atoms with Crippen molar-refractivity contribution in [3.8, 4) is 11.5 Å². The monoisotopic (exact) mass is 423 g/mol. The van der Waals surface area contributed by atoms with Crippen molar-refractivity contribution in [2.24, 2.45) is 0 Å². The molecule has 2 atom stereocenters. The van der Waals surface area contributed by atoms with Crippen molar-refractivity contribution in [1.82, 2.24) is 15.1 Å². The van der Waals surface area contributed by atoms with Gasteiger partial charge >= 0.3 is 0 Å². The first-order valence-corrected chi connectivity index (χ1v) is 10.2.